The molecule has 2 unspecified atom stereocenters. The number of carbonyl (C=O) groups is 1. The Morgan fingerprint density at radius 3 is 2.39 bits per heavy atom. The number of nitrogens with zero attached hydrogens (tertiary/aromatic N) is 1. The van der Waals surface area contributed by atoms with E-state index in [2.05, 4.69) is 20.9 Å². The number of halogens is 1. The standard InChI is InChI=1S/C17H32N4O.HI/c1-17(2,3)21-15(22)11-19-16(18-4)20-14-10-13(14)12-8-6-5-7-9-12;/h12-14H,5-11H2,1-4H3,(H,21,22)(H2,18,19,20);1H. The van der Waals surface area contributed by atoms with Crippen LogP contribution < -0.4 is 16.0 Å². The van der Waals surface area contributed by atoms with Gasteiger partial charge in [0.15, 0.2) is 5.96 Å². The molecule has 5 nitrogen and oxygen atoms in total. The van der Waals surface area contributed by atoms with Gasteiger partial charge in [-0.25, -0.2) is 0 Å². The SMILES string of the molecule is CN=C(NCC(=O)NC(C)(C)C)NC1CC1C1CCCCC1.I. The summed E-state index contributed by atoms with van der Waals surface area (Å²) >= 11 is 0. The second-order valence-corrected chi connectivity index (χ2v) is 7.77. The van der Waals surface area contributed by atoms with Crippen molar-refractivity contribution in [3.63, 3.8) is 0 Å². The molecule has 2 aliphatic rings. The van der Waals surface area contributed by atoms with E-state index in [1.165, 1.54) is 38.5 Å². The fourth-order valence-electron chi connectivity index (χ4n) is 3.46. The smallest absolute Gasteiger partial charge is 0.239 e. The van der Waals surface area contributed by atoms with Crippen LogP contribution in [-0.2, 0) is 4.79 Å². The third-order valence-corrected chi connectivity index (χ3v) is 4.57. The van der Waals surface area contributed by atoms with E-state index in [9.17, 15) is 4.79 Å². The largest absolute Gasteiger partial charge is 0.353 e. The molecule has 0 aromatic heterocycles. The molecule has 6 heteroatoms. The van der Waals surface area contributed by atoms with Gasteiger partial charge < -0.3 is 16.0 Å². The minimum atomic E-state index is -0.196. The first-order chi connectivity index (χ1) is 10.4. The summed E-state index contributed by atoms with van der Waals surface area (Å²) in [6.07, 6.45) is 8.24. The normalized spacial score (nSPS) is 25.3. The minimum absolute atomic E-state index is 0. The molecule has 0 aromatic carbocycles. The van der Waals surface area contributed by atoms with Crippen LogP contribution in [0.25, 0.3) is 0 Å². The van der Waals surface area contributed by atoms with Crippen LogP contribution in [0.5, 0.6) is 0 Å². The molecule has 0 saturated heterocycles. The Balaban J connectivity index is 0.00000264. The van der Waals surface area contributed by atoms with Crippen molar-refractivity contribution in [2.75, 3.05) is 13.6 Å². The van der Waals surface area contributed by atoms with Crippen LogP contribution in [0, 0.1) is 11.8 Å². The lowest BCUT2D eigenvalue weighted by molar-refractivity contribution is -0.121. The molecule has 0 aliphatic heterocycles. The predicted octanol–water partition coefficient (Wildman–Crippen LogP) is 2.65. The molecule has 2 rings (SSSR count). The Kier molecular flexibility index (Phi) is 8.10. The summed E-state index contributed by atoms with van der Waals surface area (Å²) in [5.74, 6) is 2.44. The maximum absolute atomic E-state index is 11.8. The Bertz CT molecular complexity index is 413. The molecule has 0 heterocycles. The number of carbonyl (C=O) groups excluding carboxylic acids is 1. The number of hydrogen-bond donors (Lipinski definition) is 3. The van der Waals surface area contributed by atoms with Crippen LogP contribution in [0.2, 0.25) is 0 Å². The van der Waals surface area contributed by atoms with Gasteiger partial charge in [0.2, 0.25) is 5.91 Å². The molecule has 0 spiro atoms. The van der Waals surface area contributed by atoms with Crippen LogP contribution in [-0.4, -0.2) is 37.0 Å². The average Bonchev–Trinajstić information content (AvgIpc) is 3.22. The van der Waals surface area contributed by atoms with Crippen molar-refractivity contribution in [1.29, 1.82) is 0 Å². The fraction of sp³-hybridized carbons (Fsp3) is 0.882. The van der Waals surface area contributed by atoms with Crippen molar-refractivity contribution < 1.29 is 4.79 Å². The molecule has 3 N–H and O–H groups in total. The molecular weight excluding hydrogens is 403 g/mol. The first-order valence-electron chi connectivity index (χ1n) is 8.67. The Hall–Kier alpha value is -0.530. The summed E-state index contributed by atoms with van der Waals surface area (Å²) in [6, 6.07) is 0.542. The molecule has 1 amide bonds. The van der Waals surface area contributed by atoms with Crippen molar-refractivity contribution in [3.8, 4) is 0 Å². The zero-order chi connectivity index (χ0) is 16.2. The van der Waals surface area contributed by atoms with Crippen molar-refractivity contribution >= 4 is 35.8 Å². The third-order valence-electron chi connectivity index (χ3n) is 4.57. The summed E-state index contributed by atoms with van der Waals surface area (Å²) in [6.45, 7) is 6.21. The molecule has 134 valence electrons. The first kappa shape index (κ1) is 20.5. The monoisotopic (exact) mass is 436 g/mol. The Morgan fingerprint density at radius 1 is 1.17 bits per heavy atom. The molecule has 2 atom stereocenters. The van der Waals surface area contributed by atoms with Crippen molar-refractivity contribution in [2.45, 2.75) is 70.9 Å². The van der Waals surface area contributed by atoms with E-state index >= 15 is 0 Å². The minimum Gasteiger partial charge on any atom is -0.353 e. The molecular formula is C17H33IN4O. The second-order valence-electron chi connectivity index (χ2n) is 7.77. The highest BCUT2D eigenvalue weighted by atomic mass is 127. The number of guanidine groups is 1. The van der Waals surface area contributed by atoms with Crippen LogP contribution in [0.15, 0.2) is 4.99 Å². The highest BCUT2D eigenvalue weighted by molar-refractivity contribution is 14.0. The van der Waals surface area contributed by atoms with Crippen LogP contribution in [0.3, 0.4) is 0 Å². The van der Waals surface area contributed by atoms with Gasteiger partial charge in [-0.15, -0.1) is 24.0 Å². The van der Waals surface area contributed by atoms with Crippen LogP contribution in [0.4, 0.5) is 0 Å². The molecule has 0 radical (unpaired) electrons. The second kappa shape index (κ2) is 9.08. The molecule has 2 aliphatic carbocycles. The Labute approximate surface area is 157 Å². The van der Waals surface area contributed by atoms with E-state index < -0.39 is 0 Å². The van der Waals surface area contributed by atoms with Gasteiger partial charge in [0, 0.05) is 18.6 Å². The van der Waals surface area contributed by atoms with Gasteiger partial charge in [0.1, 0.15) is 0 Å². The lowest BCUT2D eigenvalue weighted by Gasteiger charge is -2.22. The first-order valence-corrected chi connectivity index (χ1v) is 8.67. The van der Waals surface area contributed by atoms with E-state index in [-0.39, 0.29) is 42.0 Å². The quantitative estimate of drug-likeness (QED) is 0.361. The van der Waals surface area contributed by atoms with Gasteiger partial charge >= 0.3 is 0 Å². The van der Waals surface area contributed by atoms with Gasteiger partial charge in [-0.1, -0.05) is 32.1 Å². The van der Waals surface area contributed by atoms with Crippen molar-refractivity contribution in [2.24, 2.45) is 16.8 Å². The summed E-state index contributed by atoms with van der Waals surface area (Å²) < 4.78 is 0. The topological polar surface area (TPSA) is 65.5 Å². The maximum atomic E-state index is 11.8. The molecule has 2 fully saturated rings. The lowest BCUT2D eigenvalue weighted by Crippen LogP contribution is -2.48. The highest BCUT2D eigenvalue weighted by Crippen LogP contribution is 2.44. The zero-order valence-electron chi connectivity index (χ0n) is 14.9. The van der Waals surface area contributed by atoms with Gasteiger partial charge in [-0.2, -0.15) is 0 Å². The van der Waals surface area contributed by atoms with Gasteiger partial charge in [0.25, 0.3) is 0 Å². The van der Waals surface area contributed by atoms with E-state index in [0.717, 1.165) is 17.8 Å². The third kappa shape index (κ3) is 7.27. The Morgan fingerprint density at radius 2 is 1.83 bits per heavy atom. The highest BCUT2D eigenvalue weighted by Gasteiger charge is 2.43. The lowest BCUT2D eigenvalue weighted by atomic mass is 9.85. The predicted molar refractivity (Wildman–Crippen MR) is 106 cm³/mol. The molecule has 0 aromatic rings. The van der Waals surface area contributed by atoms with E-state index in [1.54, 1.807) is 7.05 Å². The zero-order valence-corrected chi connectivity index (χ0v) is 17.3. The number of aliphatic imine (C=N–C) groups is 1. The van der Waals surface area contributed by atoms with Crippen molar-refractivity contribution in [3.05, 3.63) is 0 Å². The fourth-order valence-corrected chi connectivity index (χ4v) is 3.46. The molecule has 23 heavy (non-hydrogen) atoms. The maximum Gasteiger partial charge on any atom is 0.239 e. The molecule has 2 saturated carbocycles. The van der Waals surface area contributed by atoms with E-state index in [4.69, 9.17) is 0 Å². The summed E-state index contributed by atoms with van der Waals surface area (Å²) in [7, 11) is 1.76. The number of rotatable bonds is 4. The van der Waals surface area contributed by atoms with E-state index in [0.29, 0.717) is 6.04 Å². The van der Waals surface area contributed by atoms with Crippen LogP contribution >= 0.6 is 24.0 Å². The molecule has 0 bridgehead atoms. The number of amides is 1. The van der Waals surface area contributed by atoms with Gasteiger partial charge in [-0.05, 0) is 39.0 Å². The van der Waals surface area contributed by atoms with Crippen molar-refractivity contribution in [1.82, 2.24) is 16.0 Å². The number of hydrogen-bond acceptors (Lipinski definition) is 2. The number of nitrogens with one attached hydrogen (secondary N) is 3. The van der Waals surface area contributed by atoms with Gasteiger partial charge in [-0.3, -0.25) is 9.79 Å². The van der Waals surface area contributed by atoms with Crippen LogP contribution in [0.1, 0.15) is 59.3 Å². The average molecular weight is 436 g/mol. The van der Waals surface area contributed by atoms with E-state index in [1.807, 2.05) is 20.8 Å². The summed E-state index contributed by atoms with van der Waals surface area (Å²) in [4.78, 5) is 16.1. The summed E-state index contributed by atoms with van der Waals surface area (Å²) in [5.41, 5.74) is -0.196. The summed E-state index contributed by atoms with van der Waals surface area (Å²) in [5, 5.41) is 9.52. The van der Waals surface area contributed by atoms with Gasteiger partial charge in [0.05, 0.1) is 6.54 Å².